The molecule has 0 N–H and O–H groups in total. The molecule has 0 atom stereocenters. The van der Waals surface area contributed by atoms with Gasteiger partial charge >= 0.3 is 0 Å². The largest absolute Gasteiger partial charge is 0.379 e. The summed E-state index contributed by atoms with van der Waals surface area (Å²) in [6.07, 6.45) is 2.34. The summed E-state index contributed by atoms with van der Waals surface area (Å²) in [5.74, 6) is 0. The first-order chi connectivity index (χ1) is 10.8. The minimum atomic E-state index is 0.855. The highest BCUT2D eigenvalue weighted by Crippen LogP contribution is 2.28. The number of hydrogen-bond acceptors (Lipinski definition) is 2. The number of ether oxygens (including phenoxy) is 1. The Morgan fingerprint density at radius 2 is 1.68 bits per heavy atom. The summed E-state index contributed by atoms with van der Waals surface area (Å²) < 4.78 is 5.41. The van der Waals surface area contributed by atoms with Crippen molar-refractivity contribution in [3.8, 4) is 11.1 Å². The molecule has 0 amide bonds. The molecule has 0 aliphatic carbocycles. The first-order valence-electron chi connectivity index (χ1n) is 7.96. The summed E-state index contributed by atoms with van der Waals surface area (Å²) >= 11 is 0. The van der Waals surface area contributed by atoms with Crippen LogP contribution in [0.4, 0.5) is 0 Å². The standard InChI is InChI=1S/C20H23NO/c1-17(11-12-21-13-15-22-16-14-21)19-9-5-6-10-20(19)18-7-3-2-4-8-18/h2-11H,12-16H2,1H3. The fourth-order valence-corrected chi connectivity index (χ4v) is 2.86. The summed E-state index contributed by atoms with van der Waals surface area (Å²) in [6, 6.07) is 19.3. The molecule has 0 radical (unpaired) electrons. The van der Waals surface area contributed by atoms with Crippen LogP contribution in [0.2, 0.25) is 0 Å². The van der Waals surface area contributed by atoms with E-state index in [1.54, 1.807) is 0 Å². The van der Waals surface area contributed by atoms with Crippen LogP contribution in [0.1, 0.15) is 12.5 Å². The molecule has 2 aromatic rings. The van der Waals surface area contributed by atoms with Crippen molar-refractivity contribution in [1.82, 2.24) is 4.90 Å². The van der Waals surface area contributed by atoms with Gasteiger partial charge in [0.15, 0.2) is 0 Å². The Morgan fingerprint density at radius 1 is 1.00 bits per heavy atom. The Labute approximate surface area is 133 Å². The summed E-state index contributed by atoms with van der Waals surface area (Å²) in [7, 11) is 0. The number of benzene rings is 2. The van der Waals surface area contributed by atoms with E-state index in [0.717, 1.165) is 32.8 Å². The third-order valence-electron chi connectivity index (χ3n) is 4.20. The average molecular weight is 293 g/mol. The predicted molar refractivity (Wildman–Crippen MR) is 92.8 cm³/mol. The molecule has 0 saturated carbocycles. The normalized spacial score (nSPS) is 16.7. The van der Waals surface area contributed by atoms with Gasteiger partial charge in [-0.3, -0.25) is 4.90 Å². The maximum Gasteiger partial charge on any atom is 0.0594 e. The fourth-order valence-electron chi connectivity index (χ4n) is 2.86. The van der Waals surface area contributed by atoms with Crippen molar-refractivity contribution < 1.29 is 4.74 Å². The number of morpholine rings is 1. The van der Waals surface area contributed by atoms with Crippen molar-refractivity contribution in [2.24, 2.45) is 0 Å². The SMILES string of the molecule is CC(=CCN1CCOCC1)c1ccccc1-c1ccccc1. The molecule has 1 fully saturated rings. The monoisotopic (exact) mass is 293 g/mol. The van der Waals surface area contributed by atoms with Crippen molar-refractivity contribution in [2.45, 2.75) is 6.92 Å². The van der Waals surface area contributed by atoms with E-state index in [4.69, 9.17) is 4.74 Å². The average Bonchev–Trinajstić information content (AvgIpc) is 2.61. The number of rotatable bonds is 4. The van der Waals surface area contributed by atoms with E-state index < -0.39 is 0 Å². The van der Waals surface area contributed by atoms with Gasteiger partial charge in [0.1, 0.15) is 0 Å². The second-order valence-corrected chi connectivity index (χ2v) is 5.71. The molecule has 0 unspecified atom stereocenters. The van der Waals surface area contributed by atoms with E-state index >= 15 is 0 Å². The lowest BCUT2D eigenvalue weighted by molar-refractivity contribution is 0.0435. The van der Waals surface area contributed by atoms with Crippen LogP contribution in [0.25, 0.3) is 16.7 Å². The zero-order valence-electron chi connectivity index (χ0n) is 13.2. The highest BCUT2D eigenvalue weighted by Gasteiger charge is 2.10. The van der Waals surface area contributed by atoms with Gasteiger partial charge in [-0.2, -0.15) is 0 Å². The second kappa shape index (κ2) is 7.39. The smallest absolute Gasteiger partial charge is 0.0594 e. The Kier molecular flexibility index (Phi) is 5.04. The van der Waals surface area contributed by atoms with Crippen LogP contribution in [0, 0.1) is 0 Å². The van der Waals surface area contributed by atoms with Crippen molar-refractivity contribution in [2.75, 3.05) is 32.8 Å². The van der Waals surface area contributed by atoms with E-state index in [9.17, 15) is 0 Å². The van der Waals surface area contributed by atoms with Gasteiger partial charge in [-0.15, -0.1) is 0 Å². The summed E-state index contributed by atoms with van der Waals surface area (Å²) in [4.78, 5) is 2.44. The molecule has 2 heteroatoms. The Morgan fingerprint density at radius 3 is 2.45 bits per heavy atom. The summed E-state index contributed by atoms with van der Waals surface area (Å²) in [6.45, 7) is 6.98. The molecule has 0 spiro atoms. The minimum Gasteiger partial charge on any atom is -0.379 e. The Balaban J connectivity index is 1.81. The first kappa shape index (κ1) is 15.0. The molecule has 2 aromatic carbocycles. The van der Waals surface area contributed by atoms with Crippen molar-refractivity contribution in [3.05, 3.63) is 66.2 Å². The van der Waals surface area contributed by atoms with Gasteiger partial charge in [-0.05, 0) is 29.2 Å². The van der Waals surface area contributed by atoms with Gasteiger partial charge in [0.05, 0.1) is 13.2 Å². The molecule has 1 saturated heterocycles. The van der Waals surface area contributed by atoms with Crippen molar-refractivity contribution >= 4 is 5.57 Å². The van der Waals surface area contributed by atoms with Crippen LogP contribution in [0.15, 0.2) is 60.7 Å². The minimum absolute atomic E-state index is 0.855. The van der Waals surface area contributed by atoms with Crippen LogP contribution in [-0.4, -0.2) is 37.7 Å². The van der Waals surface area contributed by atoms with Crippen LogP contribution in [-0.2, 0) is 4.74 Å². The zero-order valence-corrected chi connectivity index (χ0v) is 13.2. The second-order valence-electron chi connectivity index (χ2n) is 5.71. The molecule has 2 nitrogen and oxygen atoms in total. The van der Waals surface area contributed by atoms with E-state index in [-0.39, 0.29) is 0 Å². The van der Waals surface area contributed by atoms with Crippen LogP contribution >= 0.6 is 0 Å². The molecule has 114 valence electrons. The highest BCUT2D eigenvalue weighted by molar-refractivity contribution is 5.80. The van der Waals surface area contributed by atoms with E-state index in [0.29, 0.717) is 0 Å². The van der Waals surface area contributed by atoms with Gasteiger partial charge in [0.2, 0.25) is 0 Å². The molecular weight excluding hydrogens is 270 g/mol. The molecule has 1 aliphatic heterocycles. The van der Waals surface area contributed by atoms with E-state index in [1.807, 2.05) is 0 Å². The third-order valence-corrected chi connectivity index (χ3v) is 4.20. The zero-order chi connectivity index (χ0) is 15.2. The lowest BCUT2D eigenvalue weighted by Crippen LogP contribution is -2.36. The van der Waals surface area contributed by atoms with E-state index in [2.05, 4.69) is 72.5 Å². The van der Waals surface area contributed by atoms with Crippen LogP contribution < -0.4 is 0 Å². The number of hydrogen-bond donors (Lipinski definition) is 0. The molecule has 0 aromatic heterocycles. The van der Waals surface area contributed by atoms with Gasteiger partial charge in [0, 0.05) is 19.6 Å². The van der Waals surface area contributed by atoms with Crippen LogP contribution in [0.5, 0.6) is 0 Å². The lowest BCUT2D eigenvalue weighted by atomic mass is 9.95. The summed E-state index contributed by atoms with van der Waals surface area (Å²) in [5, 5.41) is 0. The summed E-state index contributed by atoms with van der Waals surface area (Å²) in [5.41, 5.74) is 5.24. The molecule has 1 heterocycles. The maximum absolute atomic E-state index is 5.41. The maximum atomic E-state index is 5.41. The van der Waals surface area contributed by atoms with Gasteiger partial charge in [-0.25, -0.2) is 0 Å². The molecule has 0 bridgehead atoms. The van der Waals surface area contributed by atoms with Gasteiger partial charge in [-0.1, -0.05) is 60.7 Å². The highest BCUT2D eigenvalue weighted by atomic mass is 16.5. The lowest BCUT2D eigenvalue weighted by Gasteiger charge is -2.25. The first-order valence-corrected chi connectivity index (χ1v) is 7.96. The molecule has 22 heavy (non-hydrogen) atoms. The predicted octanol–water partition coefficient (Wildman–Crippen LogP) is 4.09. The number of allylic oxidation sites excluding steroid dienone is 1. The van der Waals surface area contributed by atoms with Gasteiger partial charge in [0.25, 0.3) is 0 Å². The molecular formula is C20H23NO. The Hall–Kier alpha value is -1.90. The van der Waals surface area contributed by atoms with Crippen molar-refractivity contribution in [3.63, 3.8) is 0 Å². The molecule has 1 aliphatic rings. The third kappa shape index (κ3) is 3.65. The van der Waals surface area contributed by atoms with Crippen molar-refractivity contribution in [1.29, 1.82) is 0 Å². The number of nitrogens with zero attached hydrogens (tertiary/aromatic N) is 1. The fraction of sp³-hybridized carbons (Fsp3) is 0.300. The van der Waals surface area contributed by atoms with Crippen LogP contribution in [0.3, 0.4) is 0 Å². The Bertz CT molecular complexity index is 627. The molecule has 3 rings (SSSR count). The topological polar surface area (TPSA) is 12.5 Å². The van der Waals surface area contributed by atoms with Gasteiger partial charge < -0.3 is 4.74 Å². The quantitative estimate of drug-likeness (QED) is 0.842. The van der Waals surface area contributed by atoms with E-state index in [1.165, 1.54) is 22.3 Å².